The molecular formula is C17H33N3O. The normalized spacial score (nSPS) is 24.1. The van der Waals surface area contributed by atoms with E-state index in [0.29, 0.717) is 11.8 Å². The first-order chi connectivity index (χ1) is 9.87. The Morgan fingerprint density at radius 1 is 1.05 bits per heavy atom. The second-order valence-corrected chi connectivity index (χ2v) is 7.90. The van der Waals surface area contributed by atoms with Gasteiger partial charge in [-0.2, -0.15) is 0 Å². The van der Waals surface area contributed by atoms with Crippen LogP contribution in [0.5, 0.6) is 0 Å². The number of nitrogens with one attached hydrogen (secondary N) is 1. The fourth-order valence-electron chi connectivity index (χ4n) is 3.54. The van der Waals surface area contributed by atoms with Crippen LogP contribution in [0.25, 0.3) is 0 Å². The monoisotopic (exact) mass is 295 g/mol. The Bertz CT molecular complexity index is 336. The van der Waals surface area contributed by atoms with Gasteiger partial charge < -0.3 is 15.1 Å². The molecule has 0 radical (unpaired) electrons. The Kier molecular flexibility index (Phi) is 5.67. The van der Waals surface area contributed by atoms with Gasteiger partial charge in [-0.15, -0.1) is 0 Å². The molecule has 1 amide bonds. The molecule has 0 bridgehead atoms. The van der Waals surface area contributed by atoms with Gasteiger partial charge in [-0.3, -0.25) is 4.79 Å². The summed E-state index contributed by atoms with van der Waals surface area (Å²) in [4.78, 5) is 17.4. The zero-order valence-corrected chi connectivity index (χ0v) is 14.3. The molecular weight excluding hydrogens is 262 g/mol. The van der Waals surface area contributed by atoms with Crippen LogP contribution in [0.4, 0.5) is 0 Å². The molecule has 0 aromatic rings. The molecule has 0 unspecified atom stereocenters. The molecule has 1 aliphatic carbocycles. The highest BCUT2D eigenvalue weighted by atomic mass is 16.2. The van der Waals surface area contributed by atoms with Crippen molar-refractivity contribution >= 4 is 5.91 Å². The van der Waals surface area contributed by atoms with E-state index in [9.17, 15) is 4.79 Å². The fraction of sp³-hybridized carbons (Fsp3) is 0.941. The van der Waals surface area contributed by atoms with Crippen LogP contribution in [0.1, 0.15) is 52.9 Å². The maximum absolute atomic E-state index is 13.0. The van der Waals surface area contributed by atoms with Crippen LogP contribution < -0.4 is 5.32 Å². The van der Waals surface area contributed by atoms with E-state index < -0.39 is 0 Å². The molecule has 1 N–H and O–H groups in total. The molecule has 2 rings (SSSR count). The number of hydrogen-bond donors (Lipinski definition) is 1. The van der Waals surface area contributed by atoms with E-state index in [4.69, 9.17) is 0 Å². The van der Waals surface area contributed by atoms with Gasteiger partial charge in [0.2, 0.25) is 5.91 Å². The number of rotatable bonds is 3. The minimum Gasteiger partial charge on any atom is -0.339 e. The predicted molar refractivity (Wildman–Crippen MR) is 87.3 cm³/mol. The van der Waals surface area contributed by atoms with Gasteiger partial charge in [-0.05, 0) is 46.6 Å². The van der Waals surface area contributed by atoms with Gasteiger partial charge in [0.15, 0.2) is 0 Å². The first-order valence-corrected chi connectivity index (χ1v) is 8.62. The molecule has 122 valence electrons. The largest absolute Gasteiger partial charge is 0.339 e. The first kappa shape index (κ1) is 16.8. The zero-order chi connectivity index (χ0) is 15.5. The summed E-state index contributed by atoms with van der Waals surface area (Å²) in [5.41, 5.74) is -0.00957. The highest BCUT2D eigenvalue weighted by Gasteiger charge is 2.35. The summed E-state index contributed by atoms with van der Waals surface area (Å²) >= 11 is 0. The number of likely N-dealkylation sites (N-methyl/N-ethyl adjacent to an activating group) is 1. The van der Waals surface area contributed by atoms with E-state index in [1.807, 2.05) is 0 Å². The maximum atomic E-state index is 13.0. The van der Waals surface area contributed by atoms with Crippen LogP contribution in [0.2, 0.25) is 0 Å². The smallest absolute Gasteiger partial charge is 0.240 e. The van der Waals surface area contributed by atoms with E-state index >= 15 is 0 Å². The van der Waals surface area contributed by atoms with Crippen molar-refractivity contribution in [3.05, 3.63) is 0 Å². The highest BCUT2D eigenvalue weighted by molar-refractivity contribution is 5.82. The molecule has 4 heteroatoms. The number of amides is 1. The van der Waals surface area contributed by atoms with Crippen LogP contribution in [-0.4, -0.2) is 60.5 Å². The van der Waals surface area contributed by atoms with Gasteiger partial charge in [0.05, 0.1) is 6.04 Å². The molecule has 1 heterocycles. The van der Waals surface area contributed by atoms with Crippen molar-refractivity contribution in [3.8, 4) is 0 Å². The van der Waals surface area contributed by atoms with Gasteiger partial charge in [0.1, 0.15) is 0 Å². The lowest BCUT2D eigenvalue weighted by Gasteiger charge is -2.40. The SMILES string of the molecule is CN1CCN(C(=O)[C@@H](NC(C)(C)C)C2CCCCC2)CC1. The van der Waals surface area contributed by atoms with Crippen molar-refractivity contribution in [3.63, 3.8) is 0 Å². The van der Waals surface area contributed by atoms with Crippen molar-refractivity contribution in [2.24, 2.45) is 5.92 Å². The maximum Gasteiger partial charge on any atom is 0.240 e. The van der Waals surface area contributed by atoms with Gasteiger partial charge in [0, 0.05) is 31.7 Å². The number of carbonyl (C=O) groups is 1. The molecule has 0 aromatic heterocycles. The molecule has 4 nitrogen and oxygen atoms in total. The molecule has 0 spiro atoms. The van der Waals surface area contributed by atoms with Crippen molar-refractivity contribution < 1.29 is 4.79 Å². The van der Waals surface area contributed by atoms with Crippen molar-refractivity contribution in [2.45, 2.75) is 64.5 Å². The van der Waals surface area contributed by atoms with Gasteiger partial charge in [-0.25, -0.2) is 0 Å². The number of hydrogen-bond acceptors (Lipinski definition) is 3. The zero-order valence-electron chi connectivity index (χ0n) is 14.3. The third kappa shape index (κ3) is 4.96. The Labute approximate surface area is 130 Å². The first-order valence-electron chi connectivity index (χ1n) is 8.62. The lowest BCUT2D eigenvalue weighted by molar-refractivity contribution is -0.137. The summed E-state index contributed by atoms with van der Waals surface area (Å²) < 4.78 is 0. The second-order valence-electron chi connectivity index (χ2n) is 7.90. The third-order valence-electron chi connectivity index (χ3n) is 4.79. The number of piperazine rings is 1. The molecule has 21 heavy (non-hydrogen) atoms. The van der Waals surface area contributed by atoms with E-state index in [2.05, 4.69) is 42.9 Å². The van der Waals surface area contributed by atoms with Crippen LogP contribution in [0.3, 0.4) is 0 Å². The Morgan fingerprint density at radius 2 is 1.62 bits per heavy atom. The van der Waals surface area contributed by atoms with Crippen LogP contribution in [0, 0.1) is 5.92 Å². The van der Waals surface area contributed by atoms with Crippen LogP contribution in [-0.2, 0) is 4.79 Å². The van der Waals surface area contributed by atoms with Gasteiger partial charge in [0.25, 0.3) is 0 Å². The molecule has 2 aliphatic rings. The van der Waals surface area contributed by atoms with Crippen LogP contribution >= 0.6 is 0 Å². The van der Waals surface area contributed by atoms with Crippen molar-refractivity contribution in [1.29, 1.82) is 0 Å². The van der Waals surface area contributed by atoms with Crippen LogP contribution in [0.15, 0.2) is 0 Å². The lowest BCUT2D eigenvalue weighted by Crippen LogP contribution is -2.59. The topological polar surface area (TPSA) is 35.6 Å². The van der Waals surface area contributed by atoms with E-state index in [1.54, 1.807) is 0 Å². The van der Waals surface area contributed by atoms with E-state index in [1.165, 1.54) is 32.1 Å². The quantitative estimate of drug-likeness (QED) is 0.866. The predicted octanol–water partition coefficient (Wildman–Crippen LogP) is 2.10. The summed E-state index contributed by atoms with van der Waals surface area (Å²) in [6, 6.07) is 0.00806. The Balaban J connectivity index is 2.04. The molecule has 0 aromatic carbocycles. The number of carbonyl (C=O) groups excluding carboxylic acids is 1. The van der Waals surface area contributed by atoms with Crippen molar-refractivity contribution in [1.82, 2.24) is 15.1 Å². The average Bonchev–Trinajstić information content (AvgIpc) is 2.45. The molecule has 1 aliphatic heterocycles. The van der Waals surface area contributed by atoms with E-state index in [0.717, 1.165) is 26.2 Å². The summed E-state index contributed by atoms with van der Waals surface area (Å²) in [5, 5.41) is 3.63. The van der Waals surface area contributed by atoms with Crippen molar-refractivity contribution in [2.75, 3.05) is 33.2 Å². The summed E-state index contributed by atoms with van der Waals surface area (Å²) in [6.45, 7) is 10.3. The average molecular weight is 295 g/mol. The Morgan fingerprint density at radius 3 is 2.14 bits per heavy atom. The number of nitrogens with zero attached hydrogens (tertiary/aromatic N) is 2. The minimum atomic E-state index is -0.00957. The highest BCUT2D eigenvalue weighted by Crippen LogP contribution is 2.28. The summed E-state index contributed by atoms with van der Waals surface area (Å²) in [6.07, 6.45) is 6.30. The lowest BCUT2D eigenvalue weighted by atomic mass is 9.82. The van der Waals surface area contributed by atoms with Gasteiger partial charge >= 0.3 is 0 Å². The third-order valence-corrected chi connectivity index (χ3v) is 4.79. The molecule has 1 saturated heterocycles. The summed E-state index contributed by atoms with van der Waals surface area (Å²) in [7, 11) is 2.13. The standard InChI is InChI=1S/C17H33N3O/c1-17(2,3)18-15(14-8-6-5-7-9-14)16(21)20-12-10-19(4)11-13-20/h14-15,18H,5-13H2,1-4H3/t15-/m0/s1. The minimum absolute atomic E-state index is 0.00806. The molecule has 2 fully saturated rings. The Hall–Kier alpha value is -0.610. The molecule has 1 saturated carbocycles. The fourth-order valence-corrected chi connectivity index (χ4v) is 3.54. The summed E-state index contributed by atoms with van der Waals surface area (Å²) in [5.74, 6) is 0.857. The van der Waals surface area contributed by atoms with Gasteiger partial charge in [-0.1, -0.05) is 19.3 Å². The molecule has 1 atom stereocenters. The van der Waals surface area contributed by atoms with E-state index in [-0.39, 0.29) is 11.6 Å². The second kappa shape index (κ2) is 7.10.